The Kier molecular flexibility index (Phi) is 29.2. The first kappa shape index (κ1) is 74.8. The summed E-state index contributed by atoms with van der Waals surface area (Å²) in [5.41, 5.74) is 7.59. The number of aromatic amines is 1. The Hall–Kier alpha value is -7.59. The Morgan fingerprint density at radius 2 is 1.05 bits per heavy atom. The van der Waals surface area contributed by atoms with Crippen molar-refractivity contribution >= 4 is 131 Å². The summed E-state index contributed by atoms with van der Waals surface area (Å²) < 4.78 is 0. The minimum atomic E-state index is -1.73. The minimum absolute atomic E-state index is 0.0197. The fourth-order valence-corrected chi connectivity index (χ4v) is 16.1. The van der Waals surface area contributed by atoms with Gasteiger partial charge >= 0.3 is 5.97 Å². The van der Waals surface area contributed by atoms with Crippen LogP contribution in [-0.2, 0) is 75.2 Å². The maximum atomic E-state index is 15.2. The summed E-state index contributed by atoms with van der Waals surface area (Å²) >= 11 is 0. The molecule has 4 saturated heterocycles. The van der Waals surface area contributed by atoms with Crippen LogP contribution >= 0.6 is 43.2 Å². The average Bonchev–Trinajstić information content (AvgIpc) is 1.77. The van der Waals surface area contributed by atoms with E-state index in [-0.39, 0.29) is 81.0 Å². The highest BCUT2D eigenvalue weighted by atomic mass is 33.1. The molecular weight excluding hydrogens is 1310 g/mol. The number of para-hydroxylation sites is 1. The van der Waals surface area contributed by atoms with Gasteiger partial charge in [0.25, 0.3) is 0 Å². The molecule has 15 N–H and O–H groups in total. The molecule has 1 aromatic heterocycles. The number of carboxylic acid groups (broad SMARTS) is 1. The molecule has 33 heteroatoms. The summed E-state index contributed by atoms with van der Waals surface area (Å²) in [6, 6.07) is -1.11. The predicted octanol–water partition coefficient (Wildman–Crippen LogP) is -0.991. The SMILES string of the molecule is CCCC[C@@H]1NC(=O)[C@H](CO)NC(=O)[C@@H]2CSSC[C@@H](C(=O)O)NC(=O)[C@@H]3CCCN3C(=O)[C@H](CCC)NC(=O)[C@H](Cc3c[nH]c4ccccc34)NC(=O)[C@H](Cc3ccccc3)NC(=O)[C@H](CSSC[C@H](NC(=O)CN)C(=O)N2)NC(=O)[C@H](CC)NC(=O)[C@@H]2CCCN2C1=O. The second-order valence-electron chi connectivity index (χ2n) is 23.5. The van der Waals surface area contributed by atoms with E-state index in [1.165, 1.54) is 9.80 Å². The lowest BCUT2D eigenvalue weighted by molar-refractivity contribution is -0.144. The number of nitrogens with two attached hydrogens (primary N) is 1. The van der Waals surface area contributed by atoms with Crippen molar-refractivity contribution in [3.8, 4) is 0 Å². The fraction of sp³-hybridized carbons (Fsp3) is 0.565. The maximum Gasteiger partial charge on any atom is 0.327 e. The van der Waals surface area contributed by atoms with E-state index in [4.69, 9.17) is 5.73 Å². The van der Waals surface area contributed by atoms with Gasteiger partial charge in [-0.05, 0) is 62.1 Å². The molecule has 29 nitrogen and oxygen atoms in total. The van der Waals surface area contributed by atoms with Crippen molar-refractivity contribution in [3.05, 3.63) is 71.9 Å². The largest absolute Gasteiger partial charge is 0.480 e. The molecule has 4 aliphatic heterocycles. The van der Waals surface area contributed by atoms with Crippen molar-refractivity contribution in [1.29, 1.82) is 0 Å². The Labute approximate surface area is 565 Å². The lowest BCUT2D eigenvalue weighted by atomic mass is 10.0. The number of hydrogen-bond acceptors (Lipinski definition) is 19. The highest BCUT2D eigenvalue weighted by Gasteiger charge is 2.43. The second kappa shape index (κ2) is 37.1. The molecule has 5 heterocycles. The monoisotopic (exact) mass is 1390 g/mol. The lowest BCUT2D eigenvalue weighted by Crippen LogP contribution is -2.61. The van der Waals surface area contributed by atoms with E-state index in [0.29, 0.717) is 43.2 Å². The van der Waals surface area contributed by atoms with E-state index >= 15 is 14.4 Å². The molecule has 0 saturated carbocycles. The number of benzene rings is 2. The van der Waals surface area contributed by atoms with Gasteiger partial charge in [0.1, 0.15) is 72.5 Å². The number of carbonyl (C=O) groups excluding carboxylic acids is 12. The number of carbonyl (C=O) groups is 13. The molecule has 518 valence electrons. The average molecular weight is 1400 g/mol. The van der Waals surface area contributed by atoms with Gasteiger partial charge in [-0.3, -0.25) is 57.5 Å². The molecule has 2 bridgehead atoms. The van der Waals surface area contributed by atoms with Gasteiger partial charge in [0.2, 0.25) is 70.9 Å². The molecule has 12 amide bonds. The molecule has 4 fully saturated rings. The number of amides is 12. The zero-order chi connectivity index (χ0) is 68.7. The number of carboxylic acids is 1. The van der Waals surface area contributed by atoms with E-state index in [1.807, 2.05) is 25.1 Å². The first-order valence-electron chi connectivity index (χ1n) is 31.9. The van der Waals surface area contributed by atoms with E-state index in [1.54, 1.807) is 56.4 Å². The van der Waals surface area contributed by atoms with Crippen LogP contribution < -0.4 is 58.9 Å². The smallest absolute Gasteiger partial charge is 0.327 e. The third-order valence-electron chi connectivity index (χ3n) is 16.7. The Bertz CT molecular complexity index is 3240. The van der Waals surface area contributed by atoms with Crippen molar-refractivity contribution in [2.24, 2.45) is 5.73 Å². The normalized spacial score (nSPS) is 27.5. The topological polar surface area (TPSA) is 431 Å². The number of nitrogens with zero attached hydrogens (tertiary/aromatic N) is 2. The third kappa shape index (κ3) is 21.0. The molecule has 95 heavy (non-hydrogen) atoms. The van der Waals surface area contributed by atoms with E-state index in [0.717, 1.165) is 54.1 Å². The number of aromatic nitrogens is 1. The Morgan fingerprint density at radius 1 is 0.547 bits per heavy atom. The number of nitrogens with one attached hydrogen (secondary N) is 11. The van der Waals surface area contributed by atoms with Crippen LogP contribution in [0, 0.1) is 0 Å². The number of aliphatic hydroxyl groups is 1. The first-order chi connectivity index (χ1) is 45.7. The summed E-state index contributed by atoms with van der Waals surface area (Å²) in [6.07, 6.45) is 3.89. The number of hydrogen-bond donors (Lipinski definition) is 14. The van der Waals surface area contributed by atoms with Crippen LogP contribution in [0.1, 0.15) is 96.1 Å². The first-order valence-corrected chi connectivity index (χ1v) is 36.9. The molecule has 3 aromatic rings. The number of unbranched alkanes of at least 4 members (excludes halogenated alkanes) is 1. The van der Waals surface area contributed by atoms with Crippen molar-refractivity contribution in [3.63, 3.8) is 0 Å². The van der Waals surface area contributed by atoms with E-state index in [9.17, 15) is 58.2 Å². The number of aliphatic hydroxyl groups excluding tert-OH is 1. The standard InChI is InChI=1S/C62H86N14O15S4/c1-4-7-19-40-61(89)76-24-13-21-48(76)58(86)66-37(6-3)51(79)72-45-31-93-92-30-44(65-50(78)27-63)55(83)73-46(57(85)71-43(29-77)54(82)68-40)32-94-95-33-47(62(90)91)74-59(87)49-22-14-23-75(49)60(88)39(15-5-2)67-53(81)42(26-35-28-64-38-20-12-11-18-36(35)38)70-52(80)41(69-56(45)84)25-34-16-9-8-10-17-34/h8-12,16-18,20,28,37,39-49,64,77H,4-7,13-15,19,21-27,29-33,63H2,1-3H3,(H,65,78)(H,66,86)(H,67,81)(H,68,82)(H,69,84)(H,70,80)(H,71,85)(H,72,79)(H,73,83)(H,74,87)(H,90,91)/t37-,39-,40-,41-,42-,43-,44-,45-,46-,47-,48-,49-/m0/s1. The van der Waals surface area contributed by atoms with Crippen LogP contribution in [0.15, 0.2) is 60.8 Å². The van der Waals surface area contributed by atoms with E-state index in [2.05, 4.69) is 58.2 Å². The number of H-pyrrole nitrogens is 1. The van der Waals surface area contributed by atoms with Crippen LogP contribution in [0.4, 0.5) is 0 Å². The van der Waals surface area contributed by atoms with Gasteiger partial charge in [-0.1, -0.05) is 132 Å². The molecule has 0 spiro atoms. The van der Waals surface area contributed by atoms with Gasteiger partial charge < -0.3 is 83.9 Å². The number of fused-ring (bicyclic) bond motifs is 11. The molecule has 0 aliphatic carbocycles. The Balaban J connectivity index is 1.33. The van der Waals surface area contributed by atoms with Crippen LogP contribution in [0.3, 0.4) is 0 Å². The van der Waals surface area contributed by atoms with Crippen molar-refractivity contribution < 1.29 is 72.5 Å². The summed E-state index contributed by atoms with van der Waals surface area (Å²) in [5, 5.41) is 48.5. The molecular formula is C62H86N14O15S4. The maximum absolute atomic E-state index is 15.2. The summed E-state index contributed by atoms with van der Waals surface area (Å²) in [5.74, 6) is -12.7. The van der Waals surface area contributed by atoms with E-state index < -0.39 is 163 Å². The molecule has 0 unspecified atom stereocenters. The highest BCUT2D eigenvalue weighted by Crippen LogP contribution is 2.28. The lowest BCUT2D eigenvalue weighted by Gasteiger charge is -2.31. The van der Waals surface area contributed by atoms with Gasteiger partial charge in [-0.15, -0.1) is 0 Å². The van der Waals surface area contributed by atoms with Crippen molar-refractivity contribution in [2.75, 3.05) is 49.3 Å². The number of rotatable bonds is 14. The predicted molar refractivity (Wildman–Crippen MR) is 359 cm³/mol. The van der Waals surface area contributed by atoms with Crippen LogP contribution in [0.25, 0.3) is 10.9 Å². The number of aliphatic carboxylic acids is 1. The molecule has 7 rings (SSSR count). The minimum Gasteiger partial charge on any atom is -0.480 e. The van der Waals surface area contributed by atoms with Crippen LogP contribution in [0.5, 0.6) is 0 Å². The summed E-state index contributed by atoms with van der Waals surface area (Å²) in [6.45, 7) is 3.82. The van der Waals surface area contributed by atoms with Gasteiger partial charge in [0.05, 0.1) is 13.2 Å². The van der Waals surface area contributed by atoms with Crippen molar-refractivity contribution in [1.82, 2.24) is 68.0 Å². The summed E-state index contributed by atoms with van der Waals surface area (Å²) in [4.78, 5) is 193. The van der Waals surface area contributed by atoms with Gasteiger partial charge in [-0.25, -0.2) is 4.79 Å². The third-order valence-corrected chi connectivity index (χ3v) is 21.5. The molecule has 2 aromatic carbocycles. The van der Waals surface area contributed by atoms with Crippen LogP contribution in [-0.4, -0.2) is 224 Å². The van der Waals surface area contributed by atoms with Gasteiger partial charge in [0.15, 0.2) is 0 Å². The zero-order valence-electron chi connectivity index (χ0n) is 53.2. The molecule has 0 radical (unpaired) electrons. The van der Waals surface area contributed by atoms with Crippen molar-refractivity contribution in [2.45, 2.75) is 170 Å². The molecule has 4 aliphatic rings. The second-order valence-corrected chi connectivity index (χ2v) is 28.6. The van der Waals surface area contributed by atoms with Gasteiger partial charge in [0, 0.05) is 66.0 Å². The zero-order valence-corrected chi connectivity index (χ0v) is 56.4. The summed E-state index contributed by atoms with van der Waals surface area (Å²) in [7, 11) is 3.65. The quantitative estimate of drug-likeness (QED) is 0.0862. The Morgan fingerprint density at radius 3 is 1.64 bits per heavy atom. The van der Waals surface area contributed by atoms with Crippen LogP contribution in [0.2, 0.25) is 0 Å². The highest BCUT2D eigenvalue weighted by molar-refractivity contribution is 8.77. The molecule has 12 atom stereocenters. The fourth-order valence-electron chi connectivity index (χ4n) is 11.4. The van der Waals surface area contributed by atoms with Gasteiger partial charge in [-0.2, -0.15) is 0 Å².